The zero-order valence-corrected chi connectivity index (χ0v) is 7.60. The normalized spacial score (nSPS) is 20.7. The number of nitrogens with zero attached hydrogens (tertiary/aromatic N) is 3. The molecule has 6 heteroatoms. The lowest BCUT2D eigenvalue weighted by Gasteiger charge is -2.08. The van der Waals surface area contributed by atoms with Crippen molar-refractivity contribution in [2.45, 2.75) is 18.9 Å². The molecule has 0 saturated carbocycles. The summed E-state index contributed by atoms with van der Waals surface area (Å²) in [7, 11) is 0. The molecular formula is C8H11N5O. The van der Waals surface area contributed by atoms with Crippen molar-refractivity contribution in [3.05, 3.63) is 12.4 Å². The molecule has 1 aliphatic heterocycles. The van der Waals surface area contributed by atoms with Crippen LogP contribution < -0.4 is 10.6 Å². The first-order valence-electron chi connectivity index (χ1n) is 4.54. The number of hydrogen-bond donors (Lipinski definition) is 2. The van der Waals surface area contributed by atoms with Crippen molar-refractivity contribution in [1.29, 1.82) is 0 Å². The maximum atomic E-state index is 11.5. The highest BCUT2D eigenvalue weighted by molar-refractivity contribution is 5.93. The monoisotopic (exact) mass is 193 g/mol. The Hall–Kier alpha value is -1.56. The van der Waals surface area contributed by atoms with Crippen LogP contribution in [-0.2, 0) is 4.79 Å². The Morgan fingerprint density at radius 2 is 2.50 bits per heavy atom. The van der Waals surface area contributed by atoms with Crippen LogP contribution in [0.5, 0.6) is 0 Å². The van der Waals surface area contributed by atoms with Crippen LogP contribution in [0.15, 0.2) is 12.4 Å². The minimum atomic E-state index is -0.112. The largest absolute Gasteiger partial charge is 0.306 e. The van der Waals surface area contributed by atoms with Crippen LogP contribution in [0.1, 0.15) is 12.8 Å². The molecule has 0 bridgehead atoms. The van der Waals surface area contributed by atoms with E-state index < -0.39 is 0 Å². The van der Waals surface area contributed by atoms with Gasteiger partial charge in [0.1, 0.15) is 0 Å². The van der Waals surface area contributed by atoms with Crippen molar-refractivity contribution in [3.8, 4) is 0 Å². The van der Waals surface area contributed by atoms with Crippen LogP contribution >= 0.6 is 0 Å². The van der Waals surface area contributed by atoms with Crippen molar-refractivity contribution in [2.75, 3.05) is 11.9 Å². The van der Waals surface area contributed by atoms with Crippen LogP contribution in [-0.4, -0.2) is 33.7 Å². The first kappa shape index (κ1) is 9.01. The number of carbonyl (C=O) groups excluding carboxylic acids is 1. The SMILES string of the molecule is O=C(Nc1nccnn1)[C@@H]1CCCN1. The first-order chi connectivity index (χ1) is 6.86. The van der Waals surface area contributed by atoms with Crippen molar-refractivity contribution < 1.29 is 4.79 Å². The predicted octanol–water partition coefficient (Wildman–Crippen LogP) is -0.438. The zero-order chi connectivity index (χ0) is 9.80. The molecule has 2 rings (SSSR count). The number of rotatable bonds is 2. The van der Waals surface area contributed by atoms with Gasteiger partial charge in [-0.1, -0.05) is 0 Å². The van der Waals surface area contributed by atoms with E-state index >= 15 is 0 Å². The highest BCUT2D eigenvalue weighted by atomic mass is 16.2. The second kappa shape index (κ2) is 4.10. The minimum absolute atomic E-state index is 0.0875. The van der Waals surface area contributed by atoms with Gasteiger partial charge in [-0.3, -0.25) is 10.1 Å². The van der Waals surface area contributed by atoms with Gasteiger partial charge in [0.05, 0.1) is 18.4 Å². The van der Waals surface area contributed by atoms with Gasteiger partial charge in [-0.05, 0) is 19.4 Å². The molecule has 1 aliphatic rings. The Morgan fingerprint density at radius 3 is 3.14 bits per heavy atom. The quantitative estimate of drug-likeness (QED) is 0.665. The Bertz CT molecular complexity index is 309. The van der Waals surface area contributed by atoms with Gasteiger partial charge in [-0.15, -0.1) is 5.10 Å². The van der Waals surface area contributed by atoms with E-state index in [9.17, 15) is 4.79 Å². The summed E-state index contributed by atoms with van der Waals surface area (Å²) in [4.78, 5) is 15.4. The summed E-state index contributed by atoms with van der Waals surface area (Å²) < 4.78 is 0. The van der Waals surface area contributed by atoms with Crippen LogP contribution in [0.2, 0.25) is 0 Å². The lowest BCUT2D eigenvalue weighted by atomic mass is 10.2. The number of amides is 1. The third-order valence-electron chi connectivity index (χ3n) is 2.09. The summed E-state index contributed by atoms with van der Waals surface area (Å²) in [5.41, 5.74) is 0. The van der Waals surface area contributed by atoms with Crippen LogP contribution in [0, 0.1) is 0 Å². The highest BCUT2D eigenvalue weighted by Gasteiger charge is 2.22. The molecule has 2 heterocycles. The molecule has 6 nitrogen and oxygen atoms in total. The van der Waals surface area contributed by atoms with Gasteiger partial charge in [0, 0.05) is 0 Å². The van der Waals surface area contributed by atoms with Gasteiger partial charge in [0.15, 0.2) is 0 Å². The van der Waals surface area contributed by atoms with E-state index in [2.05, 4.69) is 25.8 Å². The molecule has 0 aromatic carbocycles. The highest BCUT2D eigenvalue weighted by Crippen LogP contribution is 2.06. The number of hydrogen-bond acceptors (Lipinski definition) is 5. The molecule has 14 heavy (non-hydrogen) atoms. The molecule has 1 fully saturated rings. The van der Waals surface area contributed by atoms with Crippen LogP contribution in [0.25, 0.3) is 0 Å². The maximum Gasteiger partial charge on any atom is 0.249 e. The summed E-state index contributed by atoms with van der Waals surface area (Å²) >= 11 is 0. The molecule has 1 aromatic rings. The predicted molar refractivity (Wildman–Crippen MR) is 49.5 cm³/mol. The molecule has 1 saturated heterocycles. The van der Waals surface area contributed by atoms with Gasteiger partial charge in [-0.25, -0.2) is 4.98 Å². The molecule has 1 amide bonds. The Morgan fingerprint density at radius 1 is 1.57 bits per heavy atom. The number of anilines is 1. The van der Waals surface area contributed by atoms with E-state index in [4.69, 9.17) is 0 Å². The fourth-order valence-corrected chi connectivity index (χ4v) is 1.41. The molecule has 0 unspecified atom stereocenters. The second-order valence-electron chi connectivity index (χ2n) is 3.10. The second-order valence-corrected chi connectivity index (χ2v) is 3.10. The lowest BCUT2D eigenvalue weighted by Crippen LogP contribution is -2.36. The first-order valence-corrected chi connectivity index (χ1v) is 4.54. The van der Waals surface area contributed by atoms with E-state index in [1.807, 2.05) is 0 Å². The maximum absolute atomic E-state index is 11.5. The standard InChI is InChI=1S/C8H11N5O/c14-7(6-2-1-3-9-6)12-8-10-4-5-11-13-8/h4-6,9H,1-3H2,(H,10,12,13,14)/t6-/m0/s1. The number of aromatic nitrogens is 3. The summed E-state index contributed by atoms with van der Waals surface area (Å²) in [6.07, 6.45) is 4.85. The average molecular weight is 193 g/mol. The number of carbonyl (C=O) groups is 1. The summed E-state index contributed by atoms with van der Waals surface area (Å²) in [6.45, 7) is 0.895. The average Bonchev–Trinajstić information content (AvgIpc) is 2.72. The third kappa shape index (κ3) is 2.02. The molecule has 1 aromatic heterocycles. The number of nitrogens with one attached hydrogen (secondary N) is 2. The van der Waals surface area contributed by atoms with Gasteiger partial charge in [-0.2, -0.15) is 5.10 Å². The summed E-state index contributed by atoms with van der Waals surface area (Å²) in [6, 6.07) is -0.112. The van der Waals surface area contributed by atoms with Crippen molar-refractivity contribution >= 4 is 11.9 Å². The topological polar surface area (TPSA) is 79.8 Å². The van der Waals surface area contributed by atoms with E-state index in [-0.39, 0.29) is 17.9 Å². The zero-order valence-electron chi connectivity index (χ0n) is 7.60. The Labute approximate surface area is 81.1 Å². The van der Waals surface area contributed by atoms with Crippen LogP contribution in [0.4, 0.5) is 5.95 Å². The van der Waals surface area contributed by atoms with Crippen molar-refractivity contribution in [2.24, 2.45) is 0 Å². The van der Waals surface area contributed by atoms with Gasteiger partial charge >= 0.3 is 0 Å². The molecular weight excluding hydrogens is 182 g/mol. The molecule has 1 atom stereocenters. The van der Waals surface area contributed by atoms with Gasteiger partial charge in [0.25, 0.3) is 0 Å². The fourth-order valence-electron chi connectivity index (χ4n) is 1.41. The smallest absolute Gasteiger partial charge is 0.249 e. The molecule has 0 radical (unpaired) electrons. The van der Waals surface area contributed by atoms with E-state index in [1.165, 1.54) is 12.4 Å². The van der Waals surface area contributed by atoms with E-state index in [0.717, 1.165) is 19.4 Å². The van der Waals surface area contributed by atoms with E-state index in [0.29, 0.717) is 0 Å². The molecule has 74 valence electrons. The molecule has 0 aliphatic carbocycles. The molecule has 0 spiro atoms. The summed E-state index contributed by atoms with van der Waals surface area (Å²) in [5, 5.41) is 13.0. The minimum Gasteiger partial charge on any atom is -0.306 e. The Kier molecular flexibility index (Phi) is 2.64. The van der Waals surface area contributed by atoms with Crippen molar-refractivity contribution in [1.82, 2.24) is 20.5 Å². The third-order valence-corrected chi connectivity index (χ3v) is 2.09. The van der Waals surface area contributed by atoms with Crippen LogP contribution in [0.3, 0.4) is 0 Å². The molecule has 2 N–H and O–H groups in total. The van der Waals surface area contributed by atoms with E-state index in [1.54, 1.807) is 0 Å². The Balaban J connectivity index is 1.94. The summed E-state index contributed by atoms with van der Waals surface area (Å²) in [5.74, 6) is 0.168. The van der Waals surface area contributed by atoms with Crippen molar-refractivity contribution in [3.63, 3.8) is 0 Å². The fraction of sp³-hybridized carbons (Fsp3) is 0.500. The lowest BCUT2D eigenvalue weighted by molar-refractivity contribution is -0.117. The van der Waals surface area contributed by atoms with Gasteiger partial charge < -0.3 is 5.32 Å². The van der Waals surface area contributed by atoms with Gasteiger partial charge in [0.2, 0.25) is 11.9 Å².